The molecule has 0 aromatic heterocycles. The molecule has 1 aliphatic rings. The van der Waals surface area contributed by atoms with Crippen molar-refractivity contribution in [1.82, 2.24) is 5.32 Å². The molecule has 4 heteroatoms. The summed E-state index contributed by atoms with van der Waals surface area (Å²) in [4.78, 5) is 12.4. The lowest BCUT2D eigenvalue weighted by molar-refractivity contribution is 0.0899. The van der Waals surface area contributed by atoms with E-state index in [0.717, 1.165) is 31.2 Å². The second-order valence-electron chi connectivity index (χ2n) is 5.79. The molecule has 0 radical (unpaired) electrons. The summed E-state index contributed by atoms with van der Waals surface area (Å²) in [7, 11) is 1.64. The average Bonchev–Trinajstić information content (AvgIpc) is 2.73. The number of rotatable bonds is 5. The number of ether oxygens (including phenoxy) is 1. The number of nitrogens with one attached hydrogen (secondary N) is 1. The Morgan fingerprint density at radius 2 is 2.14 bits per heavy atom. The van der Waals surface area contributed by atoms with Crippen molar-refractivity contribution in [2.45, 2.75) is 44.8 Å². The topological polar surface area (TPSA) is 58.6 Å². The van der Waals surface area contributed by atoms with Crippen molar-refractivity contribution in [2.24, 2.45) is 5.92 Å². The van der Waals surface area contributed by atoms with Gasteiger partial charge in [0.1, 0.15) is 0 Å². The van der Waals surface area contributed by atoms with Crippen LogP contribution in [-0.4, -0.2) is 30.8 Å². The maximum atomic E-state index is 12.4. The second-order valence-corrected chi connectivity index (χ2v) is 5.79. The first-order valence-corrected chi connectivity index (χ1v) is 7.74. The van der Waals surface area contributed by atoms with E-state index in [1.54, 1.807) is 7.11 Å². The highest BCUT2D eigenvalue weighted by Crippen LogP contribution is 2.23. The standard InChI is InChI=1S/C17H25NO3/c1-21-12-13-6-5-8-14(10-13)17(20)18-16-9-4-2-3-7-15(16)11-19/h5-6,8,10,15-16,19H,2-4,7,9,11-12H2,1H3,(H,18,20). The largest absolute Gasteiger partial charge is 0.396 e. The highest BCUT2D eigenvalue weighted by Gasteiger charge is 2.24. The van der Waals surface area contributed by atoms with Crippen LogP contribution in [0.25, 0.3) is 0 Å². The molecule has 1 saturated carbocycles. The molecule has 2 atom stereocenters. The normalized spacial score (nSPS) is 22.6. The van der Waals surface area contributed by atoms with Crippen molar-refractivity contribution >= 4 is 5.91 Å². The zero-order valence-corrected chi connectivity index (χ0v) is 12.7. The molecule has 116 valence electrons. The monoisotopic (exact) mass is 291 g/mol. The fourth-order valence-corrected chi connectivity index (χ4v) is 3.01. The average molecular weight is 291 g/mol. The lowest BCUT2D eigenvalue weighted by Gasteiger charge is -2.24. The number of hydrogen-bond acceptors (Lipinski definition) is 3. The number of methoxy groups -OCH3 is 1. The summed E-state index contributed by atoms with van der Waals surface area (Å²) in [6.45, 7) is 0.651. The molecule has 1 aliphatic carbocycles. The molecule has 0 heterocycles. The lowest BCUT2D eigenvalue weighted by Crippen LogP contribution is -2.41. The Morgan fingerprint density at radius 3 is 2.90 bits per heavy atom. The van der Waals surface area contributed by atoms with Crippen molar-refractivity contribution in [3.05, 3.63) is 35.4 Å². The molecule has 1 amide bonds. The third-order valence-corrected chi connectivity index (χ3v) is 4.21. The van der Waals surface area contributed by atoms with Crippen molar-refractivity contribution in [3.8, 4) is 0 Å². The van der Waals surface area contributed by atoms with Gasteiger partial charge in [0.25, 0.3) is 5.91 Å². The molecule has 0 spiro atoms. The van der Waals surface area contributed by atoms with Gasteiger partial charge in [0.05, 0.1) is 6.61 Å². The van der Waals surface area contributed by atoms with E-state index >= 15 is 0 Å². The van der Waals surface area contributed by atoms with Crippen LogP contribution in [0.4, 0.5) is 0 Å². The van der Waals surface area contributed by atoms with Crippen LogP contribution in [0.15, 0.2) is 24.3 Å². The summed E-state index contributed by atoms with van der Waals surface area (Å²) < 4.78 is 5.10. The summed E-state index contributed by atoms with van der Waals surface area (Å²) in [5, 5.41) is 12.6. The Hall–Kier alpha value is -1.39. The van der Waals surface area contributed by atoms with Crippen molar-refractivity contribution in [3.63, 3.8) is 0 Å². The van der Waals surface area contributed by atoms with E-state index in [4.69, 9.17) is 4.74 Å². The first-order chi connectivity index (χ1) is 10.2. The summed E-state index contributed by atoms with van der Waals surface area (Å²) in [5.74, 6) is 0.122. The number of hydrogen-bond donors (Lipinski definition) is 2. The summed E-state index contributed by atoms with van der Waals surface area (Å²) in [6.07, 6.45) is 5.39. The lowest BCUT2D eigenvalue weighted by atomic mass is 9.95. The van der Waals surface area contributed by atoms with Crippen LogP contribution in [-0.2, 0) is 11.3 Å². The number of aliphatic hydroxyl groups is 1. The maximum Gasteiger partial charge on any atom is 0.251 e. The molecule has 4 nitrogen and oxygen atoms in total. The van der Waals surface area contributed by atoms with Crippen LogP contribution < -0.4 is 5.32 Å². The predicted molar refractivity (Wildman–Crippen MR) is 82.1 cm³/mol. The minimum Gasteiger partial charge on any atom is -0.396 e. The molecule has 1 fully saturated rings. The highest BCUT2D eigenvalue weighted by atomic mass is 16.5. The SMILES string of the molecule is COCc1cccc(C(=O)NC2CCCCCC2CO)c1. The van der Waals surface area contributed by atoms with Crippen molar-refractivity contribution in [1.29, 1.82) is 0 Å². The smallest absolute Gasteiger partial charge is 0.251 e. The fourth-order valence-electron chi connectivity index (χ4n) is 3.01. The maximum absolute atomic E-state index is 12.4. The Labute approximate surface area is 126 Å². The third kappa shape index (κ3) is 4.55. The van der Waals surface area contributed by atoms with Gasteiger partial charge in [-0.2, -0.15) is 0 Å². The predicted octanol–water partition coefficient (Wildman–Crippen LogP) is 2.50. The molecule has 21 heavy (non-hydrogen) atoms. The van der Waals surface area contributed by atoms with E-state index in [9.17, 15) is 9.90 Å². The summed E-state index contributed by atoms with van der Waals surface area (Å²) in [5.41, 5.74) is 1.65. The van der Waals surface area contributed by atoms with E-state index in [0.29, 0.717) is 12.2 Å². The van der Waals surface area contributed by atoms with Gasteiger partial charge in [0, 0.05) is 31.2 Å². The second kappa shape index (κ2) is 8.15. The van der Waals surface area contributed by atoms with Crippen LogP contribution in [0.3, 0.4) is 0 Å². The van der Waals surface area contributed by atoms with Crippen molar-refractivity contribution in [2.75, 3.05) is 13.7 Å². The molecule has 2 unspecified atom stereocenters. The molecule has 0 aliphatic heterocycles. The third-order valence-electron chi connectivity index (χ3n) is 4.21. The van der Waals surface area contributed by atoms with E-state index < -0.39 is 0 Å². The van der Waals surface area contributed by atoms with Gasteiger partial charge in [0.15, 0.2) is 0 Å². The zero-order valence-electron chi connectivity index (χ0n) is 12.7. The number of carbonyl (C=O) groups excluding carboxylic acids is 1. The van der Waals surface area contributed by atoms with Gasteiger partial charge >= 0.3 is 0 Å². The van der Waals surface area contributed by atoms with Crippen LogP contribution in [0.5, 0.6) is 0 Å². The van der Waals surface area contributed by atoms with Crippen LogP contribution >= 0.6 is 0 Å². The van der Waals surface area contributed by atoms with Gasteiger partial charge in [-0.1, -0.05) is 31.4 Å². The number of carbonyl (C=O) groups is 1. The van der Waals surface area contributed by atoms with E-state index in [-0.39, 0.29) is 24.5 Å². The van der Waals surface area contributed by atoms with Gasteiger partial charge in [0.2, 0.25) is 0 Å². The first kappa shape index (κ1) is 16.0. The molecule has 1 aromatic rings. The molecule has 0 saturated heterocycles. The Kier molecular flexibility index (Phi) is 6.21. The van der Waals surface area contributed by atoms with Gasteiger partial charge in [-0.05, 0) is 30.5 Å². The zero-order chi connectivity index (χ0) is 15.1. The van der Waals surface area contributed by atoms with Crippen LogP contribution in [0, 0.1) is 5.92 Å². The van der Waals surface area contributed by atoms with E-state index in [1.165, 1.54) is 6.42 Å². The molecule has 0 bridgehead atoms. The number of amides is 1. The summed E-state index contributed by atoms with van der Waals surface area (Å²) in [6, 6.07) is 7.58. The fraction of sp³-hybridized carbons (Fsp3) is 0.588. The first-order valence-electron chi connectivity index (χ1n) is 7.74. The molecular formula is C17H25NO3. The minimum absolute atomic E-state index is 0.0571. The quantitative estimate of drug-likeness (QED) is 0.820. The summed E-state index contributed by atoms with van der Waals surface area (Å²) >= 11 is 0. The van der Waals surface area contributed by atoms with E-state index in [1.807, 2.05) is 24.3 Å². The van der Waals surface area contributed by atoms with Gasteiger partial charge < -0.3 is 15.2 Å². The Bertz CT molecular complexity index is 461. The Balaban J connectivity index is 2.03. The molecular weight excluding hydrogens is 266 g/mol. The minimum atomic E-state index is -0.0571. The van der Waals surface area contributed by atoms with E-state index in [2.05, 4.69) is 5.32 Å². The number of aliphatic hydroxyl groups excluding tert-OH is 1. The van der Waals surface area contributed by atoms with Gasteiger partial charge in [-0.3, -0.25) is 4.79 Å². The van der Waals surface area contributed by atoms with Gasteiger partial charge in [-0.15, -0.1) is 0 Å². The number of benzene rings is 1. The van der Waals surface area contributed by atoms with Crippen LogP contribution in [0.1, 0.15) is 48.0 Å². The van der Waals surface area contributed by atoms with Crippen molar-refractivity contribution < 1.29 is 14.6 Å². The highest BCUT2D eigenvalue weighted by molar-refractivity contribution is 5.94. The van der Waals surface area contributed by atoms with Crippen LogP contribution in [0.2, 0.25) is 0 Å². The molecule has 2 N–H and O–H groups in total. The Morgan fingerprint density at radius 1 is 1.33 bits per heavy atom. The van der Waals surface area contributed by atoms with Gasteiger partial charge in [-0.25, -0.2) is 0 Å². The molecule has 1 aromatic carbocycles. The molecule has 2 rings (SSSR count).